The molecule has 1 unspecified atom stereocenters. The highest BCUT2D eigenvalue weighted by atomic mass is 16.5. The van der Waals surface area contributed by atoms with Crippen LogP contribution in [-0.4, -0.2) is 31.6 Å². The molecule has 1 aromatic rings. The molecule has 1 aromatic carbocycles. The van der Waals surface area contributed by atoms with Crippen molar-refractivity contribution < 1.29 is 14.3 Å². The highest BCUT2D eigenvalue weighted by molar-refractivity contribution is 5.78. The molecule has 0 aromatic heterocycles. The van der Waals surface area contributed by atoms with E-state index >= 15 is 0 Å². The van der Waals surface area contributed by atoms with Crippen LogP contribution in [0.2, 0.25) is 0 Å². The van der Waals surface area contributed by atoms with Crippen LogP contribution in [0.25, 0.3) is 0 Å². The molecule has 0 aliphatic carbocycles. The van der Waals surface area contributed by atoms with Gasteiger partial charge in [0.15, 0.2) is 0 Å². The summed E-state index contributed by atoms with van der Waals surface area (Å²) in [4.78, 5) is 23.7. The van der Waals surface area contributed by atoms with Crippen LogP contribution in [0.15, 0.2) is 30.3 Å². The predicted octanol–water partition coefficient (Wildman–Crippen LogP) is 1.80. The van der Waals surface area contributed by atoms with E-state index in [9.17, 15) is 9.59 Å². The van der Waals surface area contributed by atoms with Gasteiger partial charge < -0.3 is 15.4 Å². The third-order valence-corrected chi connectivity index (χ3v) is 2.88. The second-order valence-electron chi connectivity index (χ2n) is 5.13. The SMILES string of the molecule is CNCCC(=O)NC(CC(=O)OC(C)C)c1ccccc1. The first-order valence-corrected chi connectivity index (χ1v) is 7.21. The number of esters is 1. The molecule has 0 spiro atoms. The lowest BCUT2D eigenvalue weighted by atomic mass is 10.0. The summed E-state index contributed by atoms with van der Waals surface area (Å²) in [6.07, 6.45) is 0.348. The number of benzene rings is 1. The van der Waals surface area contributed by atoms with Gasteiger partial charge in [-0.3, -0.25) is 9.59 Å². The van der Waals surface area contributed by atoms with Gasteiger partial charge in [-0.2, -0.15) is 0 Å². The van der Waals surface area contributed by atoms with Crippen LogP contribution in [0, 0.1) is 0 Å². The molecule has 5 nitrogen and oxygen atoms in total. The molecule has 1 rings (SSSR count). The van der Waals surface area contributed by atoms with Crippen LogP contribution in [0.3, 0.4) is 0 Å². The molecule has 0 aliphatic rings. The van der Waals surface area contributed by atoms with E-state index in [0.717, 1.165) is 5.56 Å². The van der Waals surface area contributed by atoms with Gasteiger partial charge in [-0.1, -0.05) is 30.3 Å². The lowest BCUT2D eigenvalue weighted by molar-refractivity contribution is -0.148. The number of carbonyl (C=O) groups excluding carboxylic acids is 2. The Bertz CT molecular complexity index is 446. The fourth-order valence-electron chi connectivity index (χ4n) is 1.92. The van der Waals surface area contributed by atoms with E-state index < -0.39 is 0 Å². The molecular weight excluding hydrogens is 268 g/mol. The minimum Gasteiger partial charge on any atom is -0.463 e. The molecule has 0 aliphatic heterocycles. The summed E-state index contributed by atoms with van der Waals surface area (Å²) >= 11 is 0. The lowest BCUT2D eigenvalue weighted by Gasteiger charge is -2.19. The Kier molecular flexibility index (Phi) is 7.46. The standard InChI is InChI=1S/C16H24N2O3/c1-12(2)21-16(20)11-14(13-7-5-4-6-8-13)18-15(19)9-10-17-3/h4-8,12,14,17H,9-11H2,1-3H3,(H,18,19). The predicted molar refractivity (Wildman–Crippen MR) is 81.7 cm³/mol. The van der Waals surface area contributed by atoms with Gasteiger partial charge in [0.1, 0.15) is 0 Å². The highest BCUT2D eigenvalue weighted by Crippen LogP contribution is 2.17. The molecule has 0 saturated heterocycles. The maximum atomic E-state index is 11.9. The van der Waals surface area contributed by atoms with Crippen molar-refractivity contribution in [3.05, 3.63) is 35.9 Å². The first-order valence-electron chi connectivity index (χ1n) is 7.21. The molecule has 2 N–H and O–H groups in total. The Morgan fingerprint density at radius 3 is 2.43 bits per heavy atom. The Morgan fingerprint density at radius 2 is 1.86 bits per heavy atom. The smallest absolute Gasteiger partial charge is 0.308 e. The van der Waals surface area contributed by atoms with Crippen molar-refractivity contribution in [2.45, 2.75) is 38.8 Å². The van der Waals surface area contributed by atoms with Crippen molar-refractivity contribution in [3.63, 3.8) is 0 Å². The van der Waals surface area contributed by atoms with Crippen LogP contribution in [0.5, 0.6) is 0 Å². The average Bonchev–Trinajstić information content (AvgIpc) is 2.44. The molecular formula is C16H24N2O3. The third kappa shape index (κ3) is 6.90. The summed E-state index contributed by atoms with van der Waals surface area (Å²) in [5, 5.41) is 5.82. The minimum atomic E-state index is -0.359. The first kappa shape index (κ1) is 17.2. The molecule has 0 heterocycles. The number of hydrogen-bond donors (Lipinski definition) is 2. The second-order valence-corrected chi connectivity index (χ2v) is 5.13. The Balaban J connectivity index is 2.71. The Hall–Kier alpha value is -1.88. The van der Waals surface area contributed by atoms with Crippen molar-refractivity contribution >= 4 is 11.9 Å². The van der Waals surface area contributed by atoms with E-state index in [2.05, 4.69) is 10.6 Å². The van der Waals surface area contributed by atoms with E-state index in [0.29, 0.717) is 13.0 Å². The van der Waals surface area contributed by atoms with Crippen molar-refractivity contribution in [2.24, 2.45) is 0 Å². The zero-order chi connectivity index (χ0) is 15.7. The van der Waals surface area contributed by atoms with Crippen LogP contribution < -0.4 is 10.6 Å². The molecule has 0 saturated carbocycles. The monoisotopic (exact) mass is 292 g/mol. The van der Waals surface area contributed by atoms with Crippen molar-refractivity contribution in [1.29, 1.82) is 0 Å². The molecule has 21 heavy (non-hydrogen) atoms. The Labute approximate surface area is 126 Å². The van der Waals surface area contributed by atoms with Gasteiger partial charge in [0.2, 0.25) is 5.91 Å². The van der Waals surface area contributed by atoms with Gasteiger partial charge in [-0.15, -0.1) is 0 Å². The number of carbonyl (C=O) groups is 2. The van der Waals surface area contributed by atoms with Crippen LogP contribution in [0.4, 0.5) is 0 Å². The number of nitrogens with one attached hydrogen (secondary N) is 2. The number of amides is 1. The van der Waals surface area contributed by atoms with Crippen molar-refractivity contribution in [3.8, 4) is 0 Å². The van der Waals surface area contributed by atoms with Crippen molar-refractivity contribution in [1.82, 2.24) is 10.6 Å². The van der Waals surface area contributed by atoms with Gasteiger partial charge in [0, 0.05) is 13.0 Å². The van der Waals surface area contributed by atoms with E-state index in [1.54, 1.807) is 20.9 Å². The zero-order valence-electron chi connectivity index (χ0n) is 12.9. The van der Waals surface area contributed by atoms with Crippen LogP contribution >= 0.6 is 0 Å². The van der Waals surface area contributed by atoms with E-state index in [1.165, 1.54) is 0 Å². The molecule has 0 radical (unpaired) electrons. The summed E-state index contributed by atoms with van der Waals surface area (Å²) in [5.74, 6) is -0.400. The number of hydrogen-bond acceptors (Lipinski definition) is 4. The zero-order valence-corrected chi connectivity index (χ0v) is 12.9. The molecule has 1 amide bonds. The average molecular weight is 292 g/mol. The third-order valence-electron chi connectivity index (χ3n) is 2.88. The molecule has 1 atom stereocenters. The second kappa shape index (κ2) is 9.13. The van der Waals surface area contributed by atoms with E-state index in [1.807, 2.05) is 30.3 Å². The van der Waals surface area contributed by atoms with Gasteiger partial charge in [0.05, 0.1) is 18.6 Å². The highest BCUT2D eigenvalue weighted by Gasteiger charge is 2.19. The summed E-state index contributed by atoms with van der Waals surface area (Å²) in [7, 11) is 1.79. The fraction of sp³-hybridized carbons (Fsp3) is 0.500. The fourth-order valence-corrected chi connectivity index (χ4v) is 1.92. The Morgan fingerprint density at radius 1 is 1.19 bits per heavy atom. The van der Waals surface area contributed by atoms with Gasteiger partial charge in [0.25, 0.3) is 0 Å². The minimum absolute atomic E-state index is 0.0875. The van der Waals surface area contributed by atoms with Gasteiger partial charge in [-0.05, 0) is 26.5 Å². The summed E-state index contributed by atoms with van der Waals surface area (Å²) in [6.45, 7) is 4.21. The van der Waals surface area contributed by atoms with Crippen molar-refractivity contribution in [2.75, 3.05) is 13.6 Å². The van der Waals surface area contributed by atoms with E-state index in [-0.39, 0.29) is 30.4 Å². The van der Waals surface area contributed by atoms with Gasteiger partial charge >= 0.3 is 5.97 Å². The first-order chi connectivity index (χ1) is 10.0. The van der Waals surface area contributed by atoms with Crippen LogP contribution in [0.1, 0.15) is 38.3 Å². The number of rotatable bonds is 8. The largest absolute Gasteiger partial charge is 0.463 e. The molecule has 116 valence electrons. The van der Waals surface area contributed by atoms with Gasteiger partial charge in [-0.25, -0.2) is 0 Å². The lowest BCUT2D eigenvalue weighted by Crippen LogP contribution is -2.32. The van der Waals surface area contributed by atoms with Crippen LogP contribution in [-0.2, 0) is 14.3 Å². The topological polar surface area (TPSA) is 67.4 Å². The molecule has 5 heteroatoms. The molecule has 0 fully saturated rings. The summed E-state index contributed by atoms with van der Waals surface area (Å²) < 4.78 is 5.16. The molecule has 0 bridgehead atoms. The maximum Gasteiger partial charge on any atom is 0.308 e. The quantitative estimate of drug-likeness (QED) is 0.717. The van der Waals surface area contributed by atoms with E-state index in [4.69, 9.17) is 4.74 Å². The summed E-state index contributed by atoms with van der Waals surface area (Å²) in [6, 6.07) is 9.10. The summed E-state index contributed by atoms with van der Waals surface area (Å²) in [5.41, 5.74) is 0.899. The normalized spacial score (nSPS) is 12.0. The maximum absolute atomic E-state index is 11.9. The number of ether oxygens (including phenoxy) is 1.